The smallest absolute Gasteiger partial charge is 0.191 e. The van der Waals surface area contributed by atoms with Gasteiger partial charge in [-0.2, -0.15) is 0 Å². The van der Waals surface area contributed by atoms with E-state index in [0.717, 1.165) is 37.0 Å². The molecule has 0 bridgehead atoms. The summed E-state index contributed by atoms with van der Waals surface area (Å²) in [6.45, 7) is 7.73. The number of hydrogen-bond acceptors (Lipinski definition) is 4. The number of rotatable bonds is 8. The average molecular weight is 432 g/mol. The standard InChI is InChI=1S/C25H33N7/c1-2-27-25(30-18-23-10-11-24(28-17-23)32-15-12-26-20-32)29-16-21-6-8-22(9-7-21)19-31-13-4-3-5-14-31/h6-12,15,17,20H,2-5,13-14,16,18-19H2,1H3,(H2,27,29,30). The minimum absolute atomic E-state index is 0.571. The first kappa shape index (κ1) is 22.0. The van der Waals surface area contributed by atoms with Crippen LogP contribution in [0.1, 0.15) is 42.9 Å². The molecule has 168 valence electrons. The van der Waals surface area contributed by atoms with Gasteiger partial charge in [-0.15, -0.1) is 0 Å². The van der Waals surface area contributed by atoms with Crippen LogP contribution >= 0.6 is 0 Å². The first-order chi connectivity index (χ1) is 15.8. The van der Waals surface area contributed by atoms with Gasteiger partial charge < -0.3 is 10.6 Å². The Kier molecular flexibility index (Phi) is 7.87. The summed E-state index contributed by atoms with van der Waals surface area (Å²) in [7, 11) is 0. The number of guanidine groups is 1. The molecule has 2 aromatic heterocycles. The van der Waals surface area contributed by atoms with Gasteiger partial charge in [-0.1, -0.05) is 36.8 Å². The minimum Gasteiger partial charge on any atom is -0.357 e. The van der Waals surface area contributed by atoms with Crippen molar-refractivity contribution in [2.45, 2.75) is 45.8 Å². The predicted octanol–water partition coefficient (Wildman–Crippen LogP) is 3.51. The summed E-state index contributed by atoms with van der Waals surface area (Å²) in [5.74, 6) is 1.66. The van der Waals surface area contributed by atoms with Crippen LogP contribution in [0, 0.1) is 0 Å². The highest BCUT2D eigenvalue weighted by molar-refractivity contribution is 5.79. The summed E-state index contributed by atoms with van der Waals surface area (Å²) in [5, 5.41) is 6.76. The molecule has 1 saturated heterocycles. The zero-order valence-electron chi connectivity index (χ0n) is 18.9. The van der Waals surface area contributed by atoms with E-state index in [1.165, 1.54) is 43.5 Å². The summed E-state index contributed by atoms with van der Waals surface area (Å²) in [4.78, 5) is 15.8. The number of likely N-dealkylation sites (tertiary alicyclic amines) is 1. The van der Waals surface area contributed by atoms with Crippen LogP contribution < -0.4 is 10.6 Å². The van der Waals surface area contributed by atoms with Gasteiger partial charge in [-0.3, -0.25) is 9.47 Å². The second kappa shape index (κ2) is 11.4. The summed E-state index contributed by atoms with van der Waals surface area (Å²) in [6.07, 6.45) is 11.3. The van der Waals surface area contributed by atoms with E-state index in [1.54, 1.807) is 12.5 Å². The third-order valence-electron chi connectivity index (χ3n) is 5.68. The highest BCUT2D eigenvalue weighted by atomic mass is 15.2. The van der Waals surface area contributed by atoms with E-state index in [-0.39, 0.29) is 0 Å². The number of piperidine rings is 1. The molecule has 2 N–H and O–H groups in total. The van der Waals surface area contributed by atoms with Crippen LogP contribution in [0.4, 0.5) is 0 Å². The van der Waals surface area contributed by atoms with E-state index in [4.69, 9.17) is 4.99 Å². The molecule has 0 amide bonds. The number of aromatic nitrogens is 3. The Labute approximate surface area is 190 Å². The molecule has 1 fully saturated rings. The van der Waals surface area contributed by atoms with E-state index in [9.17, 15) is 0 Å². The Morgan fingerprint density at radius 3 is 2.44 bits per heavy atom. The number of pyridine rings is 1. The topological polar surface area (TPSA) is 70.4 Å². The SMILES string of the molecule is CCNC(=NCc1ccc(-n2ccnc2)nc1)NCc1ccc(CN2CCCCC2)cc1. The van der Waals surface area contributed by atoms with E-state index in [1.807, 2.05) is 23.0 Å². The molecule has 32 heavy (non-hydrogen) atoms. The summed E-state index contributed by atoms with van der Waals surface area (Å²) in [5.41, 5.74) is 3.71. The van der Waals surface area contributed by atoms with Crippen molar-refractivity contribution in [1.82, 2.24) is 30.1 Å². The lowest BCUT2D eigenvalue weighted by molar-refractivity contribution is 0.221. The van der Waals surface area contributed by atoms with Crippen LogP contribution in [0.2, 0.25) is 0 Å². The molecule has 0 atom stereocenters. The molecule has 1 aromatic carbocycles. The van der Waals surface area contributed by atoms with Crippen molar-refractivity contribution in [3.8, 4) is 5.82 Å². The normalized spacial score (nSPS) is 15.0. The number of nitrogens with one attached hydrogen (secondary N) is 2. The first-order valence-electron chi connectivity index (χ1n) is 11.6. The van der Waals surface area contributed by atoms with Gasteiger partial charge in [-0.25, -0.2) is 15.0 Å². The monoisotopic (exact) mass is 431 g/mol. The molecular formula is C25H33N7. The van der Waals surface area contributed by atoms with Crippen molar-refractivity contribution < 1.29 is 0 Å². The number of hydrogen-bond donors (Lipinski definition) is 2. The average Bonchev–Trinajstić information content (AvgIpc) is 3.38. The molecule has 4 rings (SSSR count). The molecule has 3 heterocycles. The highest BCUT2D eigenvalue weighted by Gasteiger charge is 2.10. The zero-order chi connectivity index (χ0) is 22.0. The van der Waals surface area contributed by atoms with Gasteiger partial charge in [0.1, 0.15) is 12.1 Å². The lowest BCUT2D eigenvalue weighted by Crippen LogP contribution is -2.36. The van der Waals surface area contributed by atoms with Crippen LogP contribution in [0.15, 0.2) is 66.3 Å². The van der Waals surface area contributed by atoms with Crippen LogP contribution in [0.5, 0.6) is 0 Å². The minimum atomic E-state index is 0.571. The largest absolute Gasteiger partial charge is 0.357 e. The summed E-state index contributed by atoms with van der Waals surface area (Å²) in [6, 6.07) is 13.0. The Morgan fingerprint density at radius 2 is 1.75 bits per heavy atom. The third-order valence-corrected chi connectivity index (χ3v) is 5.68. The van der Waals surface area contributed by atoms with Crippen molar-refractivity contribution in [3.05, 3.63) is 78.0 Å². The van der Waals surface area contributed by atoms with Gasteiger partial charge in [0.2, 0.25) is 0 Å². The fourth-order valence-electron chi connectivity index (χ4n) is 3.89. The quantitative estimate of drug-likeness (QED) is 0.422. The molecule has 1 aliphatic rings. The predicted molar refractivity (Wildman–Crippen MR) is 129 cm³/mol. The van der Waals surface area contributed by atoms with E-state index in [0.29, 0.717) is 6.54 Å². The lowest BCUT2D eigenvalue weighted by atomic mass is 10.1. The summed E-state index contributed by atoms with van der Waals surface area (Å²) < 4.78 is 1.89. The Bertz CT molecular complexity index is 957. The van der Waals surface area contributed by atoms with Crippen molar-refractivity contribution in [1.29, 1.82) is 0 Å². The molecule has 0 saturated carbocycles. The lowest BCUT2D eigenvalue weighted by Gasteiger charge is -2.26. The van der Waals surface area contributed by atoms with Crippen molar-refractivity contribution in [3.63, 3.8) is 0 Å². The van der Waals surface area contributed by atoms with Gasteiger partial charge in [0.15, 0.2) is 5.96 Å². The van der Waals surface area contributed by atoms with E-state index < -0.39 is 0 Å². The molecule has 7 heteroatoms. The zero-order valence-corrected chi connectivity index (χ0v) is 18.9. The van der Waals surface area contributed by atoms with Crippen LogP contribution in [-0.2, 0) is 19.6 Å². The molecule has 3 aromatic rings. The van der Waals surface area contributed by atoms with E-state index >= 15 is 0 Å². The Balaban J connectivity index is 1.29. The van der Waals surface area contributed by atoms with Gasteiger partial charge in [0.25, 0.3) is 0 Å². The van der Waals surface area contributed by atoms with Crippen LogP contribution in [0.3, 0.4) is 0 Å². The second-order valence-electron chi connectivity index (χ2n) is 8.20. The van der Waals surface area contributed by atoms with Crippen molar-refractivity contribution in [2.24, 2.45) is 4.99 Å². The first-order valence-corrected chi connectivity index (χ1v) is 11.6. The van der Waals surface area contributed by atoms with Gasteiger partial charge in [0, 0.05) is 38.2 Å². The van der Waals surface area contributed by atoms with Crippen LogP contribution in [-0.4, -0.2) is 45.0 Å². The summed E-state index contributed by atoms with van der Waals surface area (Å²) >= 11 is 0. The molecule has 0 radical (unpaired) electrons. The van der Waals surface area contributed by atoms with Gasteiger partial charge >= 0.3 is 0 Å². The molecule has 0 unspecified atom stereocenters. The fourth-order valence-corrected chi connectivity index (χ4v) is 3.89. The van der Waals surface area contributed by atoms with Crippen LogP contribution in [0.25, 0.3) is 5.82 Å². The highest BCUT2D eigenvalue weighted by Crippen LogP contribution is 2.13. The van der Waals surface area contributed by atoms with Gasteiger partial charge in [-0.05, 0) is 55.6 Å². The number of imidazole rings is 1. The number of nitrogens with zero attached hydrogens (tertiary/aromatic N) is 5. The maximum absolute atomic E-state index is 4.71. The Hall–Kier alpha value is -3.19. The van der Waals surface area contributed by atoms with Crippen molar-refractivity contribution >= 4 is 5.96 Å². The second-order valence-corrected chi connectivity index (χ2v) is 8.20. The molecule has 1 aliphatic heterocycles. The molecule has 0 spiro atoms. The molecule has 7 nitrogen and oxygen atoms in total. The van der Waals surface area contributed by atoms with Crippen molar-refractivity contribution in [2.75, 3.05) is 19.6 Å². The molecule has 0 aliphatic carbocycles. The van der Waals surface area contributed by atoms with E-state index in [2.05, 4.69) is 62.8 Å². The molecular weight excluding hydrogens is 398 g/mol. The third kappa shape index (κ3) is 6.40. The number of aliphatic imine (C=N–C) groups is 1. The maximum atomic E-state index is 4.71. The Morgan fingerprint density at radius 1 is 0.969 bits per heavy atom. The fraction of sp³-hybridized carbons (Fsp3) is 0.400. The van der Waals surface area contributed by atoms with Gasteiger partial charge in [0.05, 0.1) is 6.54 Å². The maximum Gasteiger partial charge on any atom is 0.191 e. The number of benzene rings is 1.